The van der Waals surface area contributed by atoms with E-state index in [2.05, 4.69) is 4.98 Å². The van der Waals surface area contributed by atoms with Crippen molar-refractivity contribution in [2.75, 3.05) is 11.2 Å². The van der Waals surface area contributed by atoms with Gasteiger partial charge >= 0.3 is 6.01 Å². The third-order valence-electron chi connectivity index (χ3n) is 4.14. The van der Waals surface area contributed by atoms with Crippen LogP contribution in [-0.4, -0.2) is 25.6 Å². The molecule has 3 rings (SSSR count). The van der Waals surface area contributed by atoms with Gasteiger partial charge in [-0.2, -0.15) is 10.2 Å². The number of nitrogens with one attached hydrogen (secondary N) is 1. The zero-order chi connectivity index (χ0) is 22.8. The minimum absolute atomic E-state index is 0.0620. The third kappa shape index (κ3) is 5.55. The molecule has 1 aromatic heterocycles. The Morgan fingerprint density at radius 2 is 1.87 bits per heavy atom. The first-order valence-corrected chi connectivity index (χ1v) is 11.4. The number of aryl methyl sites for hydroxylation is 1. The quantitative estimate of drug-likeness (QED) is 0.564. The zero-order valence-corrected chi connectivity index (χ0v) is 18.7. The molecular weight excluding hydrogens is 463 g/mol. The van der Waals surface area contributed by atoms with Gasteiger partial charge in [-0.3, -0.25) is 9.69 Å². The highest BCUT2D eigenvalue weighted by Crippen LogP contribution is 2.31. The molecule has 31 heavy (non-hydrogen) atoms. The van der Waals surface area contributed by atoms with Gasteiger partial charge in [0.2, 0.25) is 10.0 Å². The van der Waals surface area contributed by atoms with E-state index in [-0.39, 0.29) is 24.0 Å². The molecule has 0 spiro atoms. The van der Waals surface area contributed by atoms with Crippen molar-refractivity contribution in [2.24, 2.45) is 0 Å². The highest BCUT2D eigenvalue weighted by molar-refractivity contribution is 7.89. The van der Waals surface area contributed by atoms with Gasteiger partial charge in [0.15, 0.2) is 5.69 Å². The lowest BCUT2D eigenvalue weighted by Crippen LogP contribution is -2.30. The maximum Gasteiger partial charge on any atom is 0.303 e. The van der Waals surface area contributed by atoms with Crippen LogP contribution in [0.25, 0.3) is 0 Å². The average Bonchev–Trinajstić information content (AvgIpc) is 3.09. The number of oxazole rings is 1. The molecule has 0 aliphatic heterocycles. The maximum atomic E-state index is 12.3. The Morgan fingerprint density at radius 3 is 2.45 bits per heavy atom. The number of aromatic nitrogens is 1. The second-order valence-corrected chi connectivity index (χ2v) is 9.16. The maximum absolute atomic E-state index is 12.3. The summed E-state index contributed by atoms with van der Waals surface area (Å²) in [5, 5.41) is 9.83. The average molecular weight is 479 g/mol. The van der Waals surface area contributed by atoms with E-state index in [0.717, 1.165) is 11.8 Å². The number of hydrogen-bond donors (Lipinski definition) is 1. The first-order chi connectivity index (χ1) is 14.6. The zero-order valence-electron chi connectivity index (χ0n) is 16.4. The number of halogens is 2. The second kappa shape index (κ2) is 8.98. The van der Waals surface area contributed by atoms with Crippen LogP contribution in [0.15, 0.2) is 46.9 Å². The molecular formula is C20H16Cl2N4O4S. The van der Waals surface area contributed by atoms with E-state index in [1.165, 1.54) is 6.92 Å². The number of amides is 1. The van der Waals surface area contributed by atoms with E-state index < -0.39 is 15.9 Å². The fraction of sp³-hybridized carbons (Fsp3) is 0.150. The van der Waals surface area contributed by atoms with Crippen molar-refractivity contribution < 1.29 is 17.6 Å². The van der Waals surface area contributed by atoms with Crippen LogP contribution in [0.1, 0.15) is 27.4 Å². The van der Waals surface area contributed by atoms with Gasteiger partial charge in [-0.25, -0.2) is 13.1 Å². The Hall–Kier alpha value is -3.06. The molecule has 11 heteroatoms. The summed E-state index contributed by atoms with van der Waals surface area (Å²) in [5.74, 6) is -0.756. The number of carbonyl (C=O) groups excluding carboxylic acids is 1. The van der Waals surface area contributed by atoms with Crippen LogP contribution >= 0.6 is 23.2 Å². The lowest BCUT2D eigenvalue weighted by molar-refractivity contribution is 0.0976. The van der Waals surface area contributed by atoms with Gasteiger partial charge in [-0.15, -0.1) is 0 Å². The normalized spacial score (nSPS) is 11.1. The Bertz CT molecular complexity index is 1280. The molecule has 0 bridgehead atoms. The Morgan fingerprint density at radius 1 is 1.19 bits per heavy atom. The molecule has 0 aliphatic rings. The van der Waals surface area contributed by atoms with Crippen LogP contribution in [0.3, 0.4) is 0 Å². The highest BCUT2D eigenvalue weighted by atomic mass is 35.5. The molecule has 8 nitrogen and oxygen atoms in total. The van der Waals surface area contributed by atoms with Gasteiger partial charge in [-0.1, -0.05) is 29.3 Å². The van der Waals surface area contributed by atoms with E-state index >= 15 is 0 Å². The fourth-order valence-corrected chi connectivity index (χ4v) is 3.49. The molecule has 0 saturated carbocycles. The Kier molecular flexibility index (Phi) is 6.55. The van der Waals surface area contributed by atoms with Gasteiger partial charge in [0.1, 0.15) is 5.76 Å². The number of sulfonamides is 1. The van der Waals surface area contributed by atoms with Crippen molar-refractivity contribution in [3.8, 4) is 6.07 Å². The number of hydrogen-bond acceptors (Lipinski definition) is 7. The van der Waals surface area contributed by atoms with Crippen LogP contribution in [0.4, 0.5) is 11.7 Å². The molecule has 1 N–H and O–H groups in total. The van der Waals surface area contributed by atoms with Gasteiger partial charge in [0.25, 0.3) is 5.91 Å². The summed E-state index contributed by atoms with van der Waals surface area (Å²) in [5.41, 5.74) is 1.71. The van der Waals surface area contributed by atoms with E-state index in [1.54, 1.807) is 47.4 Å². The van der Waals surface area contributed by atoms with E-state index in [0.29, 0.717) is 21.3 Å². The second-order valence-electron chi connectivity index (χ2n) is 6.60. The SMILES string of the molecule is Cc1oc(N(Cc2ccc(Cl)c(Cl)c2)c2ccc(C#N)cc2)nc1C(=O)NS(C)(=O)=O. The van der Waals surface area contributed by atoms with E-state index in [1.807, 2.05) is 10.8 Å². The lowest BCUT2D eigenvalue weighted by atomic mass is 10.1. The number of nitrogens with zero attached hydrogens (tertiary/aromatic N) is 3. The molecule has 160 valence electrons. The van der Waals surface area contributed by atoms with Crippen molar-refractivity contribution in [1.82, 2.24) is 9.71 Å². The number of nitriles is 1. The summed E-state index contributed by atoms with van der Waals surface area (Å²) in [4.78, 5) is 18.1. The van der Waals surface area contributed by atoms with E-state index in [4.69, 9.17) is 32.9 Å². The molecule has 1 amide bonds. The summed E-state index contributed by atoms with van der Waals surface area (Å²) >= 11 is 12.1. The van der Waals surface area contributed by atoms with Gasteiger partial charge in [0.05, 0.1) is 34.5 Å². The number of carbonyl (C=O) groups is 1. The third-order valence-corrected chi connectivity index (χ3v) is 5.44. The first kappa shape index (κ1) is 22.6. The molecule has 3 aromatic rings. The molecule has 0 atom stereocenters. The summed E-state index contributed by atoms with van der Waals surface area (Å²) in [6, 6.07) is 13.9. The van der Waals surface area contributed by atoms with Crippen LogP contribution in [0.5, 0.6) is 0 Å². The molecule has 2 aromatic carbocycles. The van der Waals surface area contributed by atoms with Crippen LogP contribution in [0, 0.1) is 18.3 Å². The standard InChI is InChI=1S/C20H16Cl2N4O4S/c1-12-18(19(27)25-31(2,28)29)24-20(30-12)26(15-6-3-13(10-23)4-7-15)11-14-5-8-16(21)17(22)9-14/h3-9H,11H2,1-2H3,(H,25,27). The molecule has 0 fully saturated rings. The van der Waals surface area contributed by atoms with Crippen molar-refractivity contribution in [3.63, 3.8) is 0 Å². The first-order valence-electron chi connectivity index (χ1n) is 8.78. The van der Waals surface area contributed by atoms with Crippen LogP contribution < -0.4 is 9.62 Å². The largest absolute Gasteiger partial charge is 0.428 e. The van der Waals surface area contributed by atoms with Crippen molar-refractivity contribution >= 4 is 50.8 Å². The number of anilines is 2. The van der Waals surface area contributed by atoms with Crippen molar-refractivity contribution in [3.05, 3.63) is 75.1 Å². The predicted octanol–water partition coefficient (Wildman–Crippen LogP) is 4.19. The molecule has 0 saturated heterocycles. The molecule has 0 unspecified atom stereocenters. The predicted molar refractivity (Wildman–Crippen MR) is 117 cm³/mol. The van der Waals surface area contributed by atoms with Crippen molar-refractivity contribution in [1.29, 1.82) is 5.26 Å². The fourth-order valence-electron chi connectivity index (χ4n) is 2.73. The van der Waals surface area contributed by atoms with Crippen molar-refractivity contribution in [2.45, 2.75) is 13.5 Å². The molecule has 1 heterocycles. The van der Waals surface area contributed by atoms with Gasteiger partial charge < -0.3 is 4.42 Å². The molecule has 0 aliphatic carbocycles. The summed E-state index contributed by atoms with van der Waals surface area (Å²) < 4.78 is 30.4. The Labute approximate surface area is 189 Å². The lowest BCUT2D eigenvalue weighted by Gasteiger charge is -2.21. The number of rotatable bonds is 6. The van der Waals surface area contributed by atoms with Gasteiger partial charge in [-0.05, 0) is 48.9 Å². The highest BCUT2D eigenvalue weighted by Gasteiger charge is 2.24. The van der Waals surface area contributed by atoms with E-state index in [9.17, 15) is 13.2 Å². The molecule has 0 radical (unpaired) electrons. The smallest absolute Gasteiger partial charge is 0.303 e. The summed E-state index contributed by atoms with van der Waals surface area (Å²) in [7, 11) is -3.77. The number of benzene rings is 2. The topological polar surface area (TPSA) is 116 Å². The summed E-state index contributed by atoms with van der Waals surface area (Å²) in [6.45, 7) is 1.75. The minimum Gasteiger partial charge on any atom is -0.428 e. The van der Waals surface area contributed by atoms with Crippen LogP contribution in [0.2, 0.25) is 10.0 Å². The minimum atomic E-state index is -3.77. The summed E-state index contributed by atoms with van der Waals surface area (Å²) in [6.07, 6.45) is 0.870. The van der Waals surface area contributed by atoms with Crippen LogP contribution in [-0.2, 0) is 16.6 Å². The monoisotopic (exact) mass is 478 g/mol. The Balaban J connectivity index is 2.03. The van der Waals surface area contributed by atoms with Gasteiger partial charge in [0, 0.05) is 5.69 Å².